The third kappa shape index (κ3) is 9.51. The van der Waals surface area contributed by atoms with Crippen LogP contribution in [0.4, 0.5) is 0 Å². The van der Waals surface area contributed by atoms with Crippen molar-refractivity contribution >= 4 is 29.8 Å². The first-order valence-electron chi connectivity index (χ1n) is 15.7. The number of nitrogens with zero attached hydrogens (tertiary/aromatic N) is 1. The quantitative estimate of drug-likeness (QED) is 0.295. The Balaban J connectivity index is 1.65. The molecular formula is C35H44N4O7. The van der Waals surface area contributed by atoms with Crippen LogP contribution in [0, 0.1) is 0 Å². The van der Waals surface area contributed by atoms with E-state index in [1.54, 1.807) is 40.0 Å². The summed E-state index contributed by atoms with van der Waals surface area (Å²) < 4.78 is 11.4. The molecule has 3 amide bonds. The van der Waals surface area contributed by atoms with Crippen LogP contribution >= 0.6 is 0 Å². The van der Waals surface area contributed by atoms with E-state index in [4.69, 9.17) is 9.47 Å². The minimum atomic E-state index is -1.08. The maximum atomic E-state index is 14.0. The lowest BCUT2D eigenvalue weighted by Crippen LogP contribution is -2.60. The molecule has 246 valence electrons. The van der Waals surface area contributed by atoms with E-state index in [0.29, 0.717) is 43.4 Å². The summed E-state index contributed by atoms with van der Waals surface area (Å²) in [5, 5.41) is 16.9. The van der Waals surface area contributed by atoms with E-state index in [2.05, 4.69) is 16.1 Å². The molecule has 2 aliphatic heterocycles. The standard InChI is InChI=1S/C35H44N4O7/c1-22(2)32-33(42)36-30(20-25-12-8-14-27(40)19-25)34(43)39-17-9-16-29(38-39)35(44)46-23(3)26-13-7-11-24(18-26)10-5-6-15-28(45-4)21-31(41)37-32/h5,7-8,10-14,18-19,23,28-30,38,40H,6,9,15-17,20-21H2,1-4H3,(H,36,42)(H,37,41)/b10-5+/t23-,28-,29+,30+/m1/s1. The van der Waals surface area contributed by atoms with Crippen molar-refractivity contribution < 1.29 is 33.8 Å². The molecule has 1 fully saturated rings. The number of hydrogen-bond donors (Lipinski definition) is 4. The molecule has 0 unspecified atom stereocenters. The lowest BCUT2D eigenvalue weighted by molar-refractivity contribution is -0.157. The van der Waals surface area contributed by atoms with Crippen molar-refractivity contribution in [2.75, 3.05) is 13.7 Å². The number of phenolic OH excluding ortho intramolecular Hbond substituents is 1. The van der Waals surface area contributed by atoms with Gasteiger partial charge in [-0.25, -0.2) is 5.43 Å². The molecule has 11 nitrogen and oxygen atoms in total. The van der Waals surface area contributed by atoms with Crippen molar-refractivity contribution in [3.8, 4) is 5.75 Å². The van der Waals surface area contributed by atoms with E-state index < -0.39 is 36.0 Å². The van der Waals surface area contributed by atoms with Crippen LogP contribution in [-0.2, 0) is 35.1 Å². The number of carbonyl (C=O) groups is 4. The lowest BCUT2D eigenvalue weighted by Gasteiger charge is -2.35. The Bertz CT molecular complexity index is 1480. The van der Waals surface area contributed by atoms with Gasteiger partial charge in [0.05, 0.1) is 12.5 Å². The SMILES string of the molecule is CO[C@@H]1CC/C=C/c2cccc(c2)[C@@H](C)OC(=O)[C@@H]2CCCN(N2)C(=O)[C@H](Cc2cccc(O)c2)NC(=O)C(=C(C)C)NC(=O)C1. The minimum absolute atomic E-state index is 0.0219. The maximum absolute atomic E-state index is 14.0. The van der Waals surface area contributed by atoms with E-state index in [-0.39, 0.29) is 36.3 Å². The highest BCUT2D eigenvalue weighted by Crippen LogP contribution is 2.22. The molecule has 0 radical (unpaired) electrons. The summed E-state index contributed by atoms with van der Waals surface area (Å²) in [6, 6.07) is 12.3. The van der Waals surface area contributed by atoms with Gasteiger partial charge in [-0.3, -0.25) is 24.2 Å². The highest BCUT2D eigenvalue weighted by molar-refractivity contribution is 6.00. The van der Waals surface area contributed by atoms with Gasteiger partial charge in [-0.1, -0.05) is 42.5 Å². The second-order valence-corrected chi connectivity index (χ2v) is 11.9. The summed E-state index contributed by atoms with van der Waals surface area (Å²) in [4.78, 5) is 53.9. The number of hydrazine groups is 1. The van der Waals surface area contributed by atoms with E-state index in [0.717, 1.165) is 11.1 Å². The van der Waals surface area contributed by atoms with Crippen LogP contribution < -0.4 is 16.1 Å². The zero-order valence-electron chi connectivity index (χ0n) is 26.9. The molecule has 2 aromatic rings. The van der Waals surface area contributed by atoms with Gasteiger partial charge in [-0.15, -0.1) is 0 Å². The third-order valence-electron chi connectivity index (χ3n) is 8.07. The Kier molecular flexibility index (Phi) is 12.1. The Hall–Kier alpha value is -4.48. The number of amides is 3. The van der Waals surface area contributed by atoms with E-state index >= 15 is 0 Å². The number of rotatable bonds is 3. The van der Waals surface area contributed by atoms with Gasteiger partial charge in [0.1, 0.15) is 29.6 Å². The molecule has 1 saturated heterocycles. The van der Waals surface area contributed by atoms with Crippen molar-refractivity contribution in [1.29, 1.82) is 0 Å². The van der Waals surface area contributed by atoms with Crippen LogP contribution in [0.25, 0.3) is 6.08 Å². The molecule has 4 N–H and O–H groups in total. The summed E-state index contributed by atoms with van der Waals surface area (Å²) in [7, 11) is 1.54. The van der Waals surface area contributed by atoms with Crippen molar-refractivity contribution in [2.24, 2.45) is 0 Å². The van der Waals surface area contributed by atoms with Crippen LogP contribution in [0.3, 0.4) is 0 Å². The van der Waals surface area contributed by atoms with Gasteiger partial charge in [0, 0.05) is 20.1 Å². The zero-order valence-corrected chi connectivity index (χ0v) is 26.9. The first-order valence-corrected chi connectivity index (χ1v) is 15.7. The summed E-state index contributed by atoms with van der Waals surface area (Å²) >= 11 is 0. The van der Waals surface area contributed by atoms with Crippen LogP contribution in [-0.4, -0.2) is 65.6 Å². The van der Waals surface area contributed by atoms with Crippen molar-refractivity contribution in [2.45, 2.75) is 83.6 Å². The Labute approximate surface area is 270 Å². The molecule has 2 heterocycles. The topological polar surface area (TPSA) is 146 Å². The number of methoxy groups -OCH3 is 1. The van der Waals surface area contributed by atoms with Gasteiger partial charge in [0.25, 0.3) is 11.8 Å². The smallest absolute Gasteiger partial charge is 0.325 e. The highest BCUT2D eigenvalue weighted by atomic mass is 16.5. The monoisotopic (exact) mass is 632 g/mol. The number of cyclic esters (lactones) is 1. The molecule has 11 heteroatoms. The molecule has 2 aromatic carbocycles. The van der Waals surface area contributed by atoms with Crippen LogP contribution in [0.5, 0.6) is 5.75 Å². The lowest BCUT2D eigenvalue weighted by atomic mass is 10.0. The number of hydrogen-bond acceptors (Lipinski definition) is 8. The number of benzene rings is 2. The predicted octanol–water partition coefficient (Wildman–Crippen LogP) is 3.84. The second kappa shape index (κ2) is 16.2. The van der Waals surface area contributed by atoms with E-state index in [1.165, 1.54) is 17.1 Å². The van der Waals surface area contributed by atoms with E-state index in [9.17, 15) is 24.3 Å². The van der Waals surface area contributed by atoms with Crippen LogP contribution in [0.2, 0.25) is 0 Å². The van der Waals surface area contributed by atoms with Crippen LogP contribution in [0.15, 0.2) is 65.9 Å². The zero-order chi connectivity index (χ0) is 33.2. The molecule has 4 rings (SSSR count). The molecule has 0 aliphatic carbocycles. The maximum Gasteiger partial charge on any atom is 0.325 e. The third-order valence-corrected chi connectivity index (χ3v) is 8.07. The second-order valence-electron chi connectivity index (χ2n) is 11.9. The van der Waals surface area contributed by atoms with E-state index in [1.807, 2.05) is 36.4 Å². The fraction of sp³-hybridized carbons (Fsp3) is 0.429. The number of aromatic hydroxyl groups is 1. The molecular weight excluding hydrogens is 588 g/mol. The molecule has 4 bridgehead atoms. The number of esters is 1. The summed E-state index contributed by atoms with van der Waals surface area (Å²) in [6.07, 6.45) is 5.41. The Morgan fingerprint density at radius 1 is 1.07 bits per heavy atom. The van der Waals surface area contributed by atoms with Crippen molar-refractivity contribution in [3.63, 3.8) is 0 Å². The van der Waals surface area contributed by atoms with Crippen molar-refractivity contribution in [3.05, 3.63) is 82.6 Å². The molecule has 2 aliphatic rings. The van der Waals surface area contributed by atoms with Gasteiger partial charge in [-0.05, 0) is 86.9 Å². The highest BCUT2D eigenvalue weighted by Gasteiger charge is 2.34. The number of nitrogens with one attached hydrogen (secondary N) is 3. The molecule has 4 atom stereocenters. The number of fused-ring (bicyclic) bond motifs is 4. The minimum Gasteiger partial charge on any atom is -0.508 e. The fourth-order valence-electron chi connectivity index (χ4n) is 5.50. The van der Waals surface area contributed by atoms with Gasteiger partial charge in [0.15, 0.2) is 0 Å². The molecule has 46 heavy (non-hydrogen) atoms. The van der Waals surface area contributed by atoms with Gasteiger partial charge in [-0.2, -0.15) is 0 Å². The first kappa shape index (κ1) is 34.4. The van der Waals surface area contributed by atoms with Gasteiger partial charge >= 0.3 is 5.97 Å². The number of ether oxygens (including phenoxy) is 2. The average molecular weight is 633 g/mol. The van der Waals surface area contributed by atoms with Gasteiger partial charge in [0.2, 0.25) is 5.91 Å². The largest absolute Gasteiger partial charge is 0.508 e. The Morgan fingerprint density at radius 2 is 1.85 bits per heavy atom. The summed E-state index contributed by atoms with van der Waals surface area (Å²) in [5.41, 5.74) is 5.99. The molecule has 0 spiro atoms. The Morgan fingerprint density at radius 3 is 2.59 bits per heavy atom. The number of carbonyl (C=O) groups excluding carboxylic acids is 4. The molecule has 0 saturated carbocycles. The van der Waals surface area contributed by atoms with Crippen LogP contribution in [0.1, 0.15) is 75.7 Å². The number of allylic oxidation sites excluding steroid dienone is 2. The summed E-state index contributed by atoms with van der Waals surface area (Å²) in [5.74, 6) is -1.95. The average Bonchev–Trinajstić information content (AvgIpc) is 3.04. The first-order chi connectivity index (χ1) is 22.0. The van der Waals surface area contributed by atoms with Crippen molar-refractivity contribution in [1.82, 2.24) is 21.1 Å². The predicted molar refractivity (Wildman–Crippen MR) is 173 cm³/mol. The molecule has 0 aromatic heterocycles. The normalized spacial score (nSPS) is 24.5. The summed E-state index contributed by atoms with van der Waals surface area (Å²) in [6.45, 7) is 5.51. The van der Waals surface area contributed by atoms with Gasteiger partial charge < -0.3 is 25.2 Å². The number of phenols is 1. The fourth-order valence-corrected chi connectivity index (χ4v) is 5.50.